The predicted molar refractivity (Wildman–Crippen MR) is 81.2 cm³/mol. The molecule has 1 heterocycles. The van der Waals surface area contributed by atoms with Crippen molar-refractivity contribution in [2.45, 2.75) is 52.1 Å². The van der Waals surface area contributed by atoms with Crippen molar-refractivity contribution in [1.29, 1.82) is 0 Å². The molecule has 6 heteroatoms. The summed E-state index contributed by atoms with van der Waals surface area (Å²) >= 11 is 1.59. The SMILES string of the molecule is COC(=O)CC(=O)CC(O)(CCc1ncc(C)s1)C(C)C. The molecule has 0 aromatic carbocycles. The zero-order chi connectivity index (χ0) is 16.0. The summed E-state index contributed by atoms with van der Waals surface area (Å²) < 4.78 is 4.48. The fourth-order valence-corrected chi connectivity index (χ4v) is 2.85. The van der Waals surface area contributed by atoms with Gasteiger partial charge in [0.25, 0.3) is 0 Å². The van der Waals surface area contributed by atoms with Gasteiger partial charge in [0.1, 0.15) is 12.2 Å². The Labute approximate surface area is 129 Å². The molecule has 0 radical (unpaired) electrons. The maximum atomic E-state index is 11.9. The van der Waals surface area contributed by atoms with Gasteiger partial charge in [-0.1, -0.05) is 13.8 Å². The van der Waals surface area contributed by atoms with Crippen LogP contribution in [0.15, 0.2) is 6.20 Å². The number of aliphatic hydroxyl groups is 1. The molecule has 0 saturated heterocycles. The Morgan fingerprint density at radius 3 is 2.62 bits per heavy atom. The number of ketones is 1. The molecule has 0 spiro atoms. The molecule has 1 N–H and O–H groups in total. The maximum absolute atomic E-state index is 11.9. The summed E-state index contributed by atoms with van der Waals surface area (Å²) in [7, 11) is 1.25. The molecule has 0 amide bonds. The van der Waals surface area contributed by atoms with Gasteiger partial charge in [-0.3, -0.25) is 9.59 Å². The Morgan fingerprint density at radius 2 is 2.14 bits per heavy atom. The summed E-state index contributed by atoms with van der Waals surface area (Å²) in [5.41, 5.74) is -1.12. The van der Waals surface area contributed by atoms with Crippen molar-refractivity contribution in [2.24, 2.45) is 5.92 Å². The lowest BCUT2D eigenvalue weighted by Gasteiger charge is -2.31. The van der Waals surface area contributed by atoms with E-state index in [0.717, 1.165) is 9.88 Å². The van der Waals surface area contributed by atoms with Crippen LogP contribution in [-0.4, -0.2) is 34.6 Å². The van der Waals surface area contributed by atoms with Crippen LogP contribution in [0.3, 0.4) is 0 Å². The zero-order valence-electron chi connectivity index (χ0n) is 13.0. The van der Waals surface area contributed by atoms with E-state index in [1.807, 2.05) is 20.8 Å². The van der Waals surface area contributed by atoms with Gasteiger partial charge in [0.05, 0.1) is 17.7 Å². The number of aryl methyl sites for hydroxylation is 2. The average molecular weight is 313 g/mol. The van der Waals surface area contributed by atoms with E-state index in [1.165, 1.54) is 7.11 Å². The van der Waals surface area contributed by atoms with Crippen molar-refractivity contribution in [2.75, 3.05) is 7.11 Å². The van der Waals surface area contributed by atoms with Gasteiger partial charge in [-0.2, -0.15) is 0 Å². The molecule has 21 heavy (non-hydrogen) atoms. The molecule has 0 aliphatic carbocycles. The van der Waals surface area contributed by atoms with E-state index in [4.69, 9.17) is 0 Å². The van der Waals surface area contributed by atoms with E-state index >= 15 is 0 Å². The minimum Gasteiger partial charge on any atom is -0.469 e. The molecule has 0 aliphatic heterocycles. The van der Waals surface area contributed by atoms with Crippen molar-refractivity contribution in [1.82, 2.24) is 4.98 Å². The minimum atomic E-state index is -1.12. The first kappa shape index (κ1) is 17.8. The number of Topliss-reactive ketones (excluding diaryl/α,β-unsaturated/α-hetero) is 1. The third kappa shape index (κ3) is 5.55. The topological polar surface area (TPSA) is 76.5 Å². The average Bonchev–Trinajstić information content (AvgIpc) is 2.81. The summed E-state index contributed by atoms with van der Waals surface area (Å²) in [6.45, 7) is 5.73. The van der Waals surface area contributed by atoms with Crippen LogP contribution in [0.5, 0.6) is 0 Å². The van der Waals surface area contributed by atoms with Crippen LogP contribution in [0.4, 0.5) is 0 Å². The normalized spacial score (nSPS) is 14.0. The van der Waals surface area contributed by atoms with Gasteiger partial charge in [0, 0.05) is 23.9 Å². The molecule has 0 fully saturated rings. The maximum Gasteiger partial charge on any atom is 0.313 e. The Kier molecular flexibility index (Phi) is 6.48. The number of carbonyl (C=O) groups is 2. The first-order chi connectivity index (χ1) is 9.76. The van der Waals surface area contributed by atoms with Crippen molar-refractivity contribution < 1.29 is 19.4 Å². The number of carbonyl (C=O) groups excluding carboxylic acids is 2. The molecule has 0 saturated carbocycles. The highest BCUT2D eigenvalue weighted by Gasteiger charge is 2.34. The summed E-state index contributed by atoms with van der Waals surface area (Å²) in [6, 6.07) is 0. The number of hydrogen-bond donors (Lipinski definition) is 1. The predicted octanol–water partition coefficient (Wildman–Crippen LogP) is 2.29. The lowest BCUT2D eigenvalue weighted by molar-refractivity contribution is -0.144. The van der Waals surface area contributed by atoms with Gasteiger partial charge in [-0.25, -0.2) is 4.98 Å². The van der Waals surface area contributed by atoms with Crippen LogP contribution in [0.25, 0.3) is 0 Å². The van der Waals surface area contributed by atoms with Gasteiger partial charge >= 0.3 is 5.97 Å². The van der Waals surface area contributed by atoms with Gasteiger partial charge in [0.15, 0.2) is 0 Å². The molecule has 1 rings (SSSR count). The van der Waals surface area contributed by atoms with Crippen LogP contribution in [0.2, 0.25) is 0 Å². The van der Waals surface area contributed by atoms with E-state index in [2.05, 4.69) is 9.72 Å². The smallest absolute Gasteiger partial charge is 0.313 e. The quantitative estimate of drug-likeness (QED) is 0.588. The van der Waals surface area contributed by atoms with Crippen LogP contribution in [0.1, 0.15) is 43.0 Å². The molecule has 1 aromatic rings. The van der Waals surface area contributed by atoms with E-state index < -0.39 is 11.6 Å². The number of ether oxygens (including phenoxy) is 1. The third-order valence-electron chi connectivity index (χ3n) is 3.59. The van der Waals surface area contributed by atoms with Gasteiger partial charge < -0.3 is 9.84 Å². The first-order valence-corrected chi connectivity index (χ1v) is 7.80. The number of thiazole rings is 1. The Balaban J connectivity index is 2.64. The van der Waals surface area contributed by atoms with Crippen LogP contribution in [0, 0.1) is 12.8 Å². The Hall–Kier alpha value is -1.27. The van der Waals surface area contributed by atoms with Gasteiger partial charge in [-0.15, -0.1) is 11.3 Å². The number of aromatic nitrogens is 1. The number of hydrogen-bond acceptors (Lipinski definition) is 6. The monoisotopic (exact) mass is 313 g/mol. The molecular formula is C15H23NO4S. The standard InChI is InChI=1S/C15H23NO4S/c1-10(2)15(19,8-12(17)7-14(18)20-4)6-5-13-16-9-11(3)21-13/h9-10,19H,5-8H2,1-4H3. The summed E-state index contributed by atoms with van der Waals surface area (Å²) in [5, 5.41) is 11.7. The molecule has 118 valence electrons. The van der Waals surface area contributed by atoms with Crippen molar-refractivity contribution >= 4 is 23.1 Å². The summed E-state index contributed by atoms with van der Waals surface area (Å²) in [6.07, 6.45) is 2.55. The molecule has 1 unspecified atom stereocenters. The number of esters is 1. The summed E-state index contributed by atoms with van der Waals surface area (Å²) in [5.74, 6) is -0.949. The fourth-order valence-electron chi connectivity index (χ4n) is 2.06. The highest BCUT2D eigenvalue weighted by atomic mass is 32.1. The van der Waals surface area contributed by atoms with E-state index in [9.17, 15) is 14.7 Å². The number of nitrogens with zero attached hydrogens (tertiary/aromatic N) is 1. The molecular weight excluding hydrogens is 290 g/mol. The van der Waals surface area contributed by atoms with Crippen molar-refractivity contribution in [3.05, 3.63) is 16.1 Å². The van der Waals surface area contributed by atoms with Gasteiger partial charge in [-0.05, 0) is 19.3 Å². The lowest BCUT2D eigenvalue weighted by Crippen LogP contribution is -2.38. The third-order valence-corrected chi connectivity index (χ3v) is 4.56. The summed E-state index contributed by atoms with van der Waals surface area (Å²) in [4.78, 5) is 28.4. The zero-order valence-corrected chi connectivity index (χ0v) is 13.8. The van der Waals surface area contributed by atoms with E-state index in [-0.39, 0.29) is 24.5 Å². The lowest BCUT2D eigenvalue weighted by atomic mass is 9.81. The Bertz CT molecular complexity index is 498. The Morgan fingerprint density at radius 1 is 1.48 bits per heavy atom. The van der Waals surface area contributed by atoms with Crippen LogP contribution < -0.4 is 0 Å². The largest absolute Gasteiger partial charge is 0.469 e. The van der Waals surface area contributed by atoms with Crippen molar-refractivity contribution in [3.63, 3.8) is 0 Å². The minimum absolute atomic E-state index is 0.0376. The second kappa shape index (κ2) is 7.66. The molecule has 0 aliphatic rings. The molecule has 1 atom stereocenters. The second-order valence-electron chi connectivity index (χ2n) is 5.59. The number of rotatable bonds is 8. The number of methoxy groups -OCH3 is 1. The van der Waals surface area contributed by atoms with Crippen molar-refractivity contribution in [3.8, 4) is 0 Å². The molecule has 0 bridgehead atoms. The molecule has 5 nitrogen and oxygen atoms in total. The van der Waals surface area contributed by atoms with Crippen LogP contribution >= 0.6 is 11.3 Å². The first-order valence-electron chi connectivity index (χ1n) is 6.99. The highest BCUT2D eigenvalue weighted by Crippen LogP contribution is 2.28. The highest BCUT2D eigenvalue weighted by molar-refractivity contribution is 7.11. The van der Waals surface area contributed by atoms with Crippen LogP contribution in [-0.2, 0) is 20.7 Å². The van der Waals surface area contributed by atoms with Gasteiger partial charge in [0.2, 0.25) is 0 Å². The fraction of sp³-hybridized carbons (Fsp3) is 0.667. The molecule has 1 aromatic heterocycles. The second-order valence-corrected chi connectivity index (χ2v) is 6.91. The van der Waals surface area contributed by atoms with E-state index in [1.54, 1.807) is 17.5 Å². The van der Waals surface area contributed by atoms with E-state index in [0.29, 0.717) is 12.8 Å².